The van der Waals surface area contributed by atoms with Gasteiger partial charge in [-0.2, -0.15) is 0 Å². The van der Waals surface area contributed by atoms with E-state index in [0.717, 1.165) is 5.69 Å². The molecule has 0 aliphatic carbocycles. The van der Waals surface area contributed by atoms with Crippen molar-refractivity contribution in [3.05, 3.63) is 29.8 Å². The Morgan fingerprint density at radius 3 is 2.64 bits per heavy atom. The molecule has 3 heteroatoms. The summed E-state index contributed by atoms with van der Waals surface area (Å²) in [6.07, 6.45) is 0. The fraction of sp³-hybridized carbons (Fsp3) is 0.364. The van der Waals surface area contributed by atoms with E-state index in [1.165, 1.54) is 0 Å². The monoisotopic (exact) mass is 193 g/mol. The molecule has 0 amide bonds. The van der Waals surface area contributed by atoms with Crippen LogP contribution in [-0.2, 0) is 0 Å². The summed E-state index contributed by atoms with van der Waals surface area (Å²) in [7, 11) is 1.86. The number of nitrogens with zero attached hydrogens (tertiary/aromatic N) is 1. The molecule has 0 bridgehead atoms. The van der Waals surface area contributed by atoms with Crippen molar-refractivity contribution < 1.29 is 9.90 Å². The highest BCUT2D eigenvalue weighted by molar-refractivity contribution is 5.99. The van der Waals surface area contributed by atoms with Crippen LogP contribution in [-0.4, -0.2) is 31.1 Å². The van der Waals surface area contributed by atoms with Crippen LogP contribution in [0.3, 0.4) is 0 Å². The summed E-state index contributed by atoms with van der Waals surface area (Å²) in [6.45, 7) is 2.17. The third-order valence-electron chi connectivity index (χ3n) is 2.13. The number of rotatable bonds is 4. The fourth-order valence-corrected chi connectivity index (χ4v) is 1.37. The lowest BCUT2D eigenvalue weighted by Crippen LogP contribution is -2.22. The van der Waals surface area contributed by atoms with Crippen LogP contribution in [0.25, 0.3) is 0 Å². The van der Waals surface area contributed by atoms with E-state index in [0.29, 0.717) is 12.1 Å². The van der Waals surface area contributed by atoms with E-state index < -0.39 is 0 Å². The van der Waals surface area contributed by atoms with Gasteiger partial charge in [0, 0.05) is 24.8 Å². The molecule has 76 valence electrons. The van der Waals surface area contributed by atoms with Crippen LogP contribution in [0.2, 0.25) is 0 Å². The van der Waals surface area contributed by atoms with Crippen molar-refractivity contribution in [2.45, 2.75) is 6.92 Å². The van der Waals surface area contributed by atoms with Gasteiger partial charge in [-0.3, -0.25) is 4.79 Å². The van der Waals surface area contributed by atoms with E-state index in [4.69, 9.17) is 5.11 Å². The molecule has 14 heavy (non-hydrogen) atoms. The lowest BCUT2D eigenvalue weighted by atomic mass is 10.1. The van der Waals surface area contributed by atoms with Crippen LogP contribution in [0.5, 0.6) is 0 Å². The second-order valence-corrected chi connectivity index (χ2v) is 3.22. The summed E-state index contributed by atoms with van der Waals surface area (Å²) in [5.41, 5.74) is 1.57. The number of aliphatic hydroxyl groups excluding tert-OH is 1. The number of hydrogen-bond acceptors (Lipinski definition) is 3. The van der Waals surface area contributed by atoms with E-state index in [9.17, 15) is 4.79 Å². The minimum absolute atomic E-state index is 0.0467. The maximum Gasteiger partial charge on any atom is 0.161 e. The summed E-state index contributed by atoms with van der Waals surface area (Å²) in [6, 6.07) is 7.40. The molecule has 0 heterocycles. The first kappa shape index (κ1) is 10.7. The van der Waals surface area contributed by atoms with E-state index in [-0.39, 0.29) is 12.4 Å². The molecule has 0 atom stereocenters. The van der Waals surface area contributed by atoms with Crippen LogP contribution in [0.4, 0.5) is 5.69 Å². The quantitative estimate of drug-likeness (QED) is 0.733. The summed E-state index contributed by atoms with van der Waals surface area (Å²) in [4.78, 5) is 13.2. The van der Waals surface area contributed by atoms with Crippen LogP contribution >= 0.6 is 0 Å². The molecule has 0 unspecified atom stereocenters. The molecule has 0 radical (unpaired) electrons. The Morgan fingerprint density at radius 2 is 2.07 bits per heavy atom. The summed E-state index contributed by atoms with van der Waals surface area (Å²) < 4.78 is 0. The van der Waals surface area contributed by atoms with E-state index in [1.54, 1.807) is 13.0 Å². The molecule has 0 aliphatic rings. The van der Waals surface area contributed by atoms with Gasteiger partial charge in [0.05, 0.1) is 6.61 Å². The molecule has 0 fully saturated rings. The number of ketones is 1. The molecule has 1 aromatic carbocycles. The zero-order chi connectivity index (χ0) is 10.6. The van der Waals surface area contributed by atoms with Crippen molar-refractivity contribution in [2.24, 2.45) is 0 Å². The lowest BCUT2D eigenvalue weighted by Gasteiger charge is -2.20. The summed E-state index contributed by atoms with van der Waals surface area (Å²) in [5, 5.41) is 8.80. The molecule has 0 aromatic heterocycles. The van der Waals surface area contributed by atoms with Gasteiger partial charge in [0.15, 0.2) is 5.78 Å². The Labute approximate surface area is 84.0 Å². The number of aliphatic hydroxyl groups is 1. The van der Waals surface area contributed by atoms with E-state index in [1.807, 2.05) is 30.1 Å². The van der Waals surface area contributed by atoms with E-state index in [2.05, 4.69) is 0 Å². The van der Waals surface area contributed by atoms with Gasteiger partial charge in [-0.1, -0.05) is 12.1 Å². The standard InChI is InChI=1S/C11H15NO2/c1-9(14)10-5-3-4-6-11(10)12(2)7-8-13/h3-6,13H,7-8H2,1-2H3. The van der Waals surface area contributed by atoms with Gasteiger partial charge in [-0.15, -0.1) is 0 Å². The Bertz CT molecular complexity index is 323. The van der Waals surface area contributed by atoms with Gasteiger partial charge in [-0.05, 0) is 19.1 Å². The molecular formula is C11H15NO2. The maximum absolute atomic E-state index is 11.3. The van der Waals surface area contributed by atoms with Crippen LogP contribution < -0.4 is 4.90 Å². The summed E-state index contributed by atoms with van der Waals surface area (Å²) >= 11 is 0. The Balaban J connectivity index is 3.00. The van der Waals surface area contributed by atoms with Crippen molar-refractivity contribution in [1.29, 1.82) is 0 Å². The number of likely N-dealkylation sites (N-methyl/N-ethyl adjacent to an activating group) is 1. The average molecular weight is 193 g/mol. The second-order valence-electron chi connectivity index (χ2n) is 3.22. The Kier molecular flexibility index (Phi) is 3.65. The van der Waals surface area contributed by atoms with Crippen molar-refractivity contribution in [1.82, 2.24) is 0 Å². The number of hydrogen-bond donors (Lipinski definition) is 1. The van der Waals surface area contributed by atoms with Gasteiger partial charge in [0.2, 0.25) is 0 Å². The SMILES string of the molecule is CC(=O)c1ccccc1N(C)CCO. The number of Topliss-reactive ketones (excluding diaryl/α,β-unsaturated/α-hetero) is 1. The number of para-hydroxylation sites is 1. The zero-order valence-corrected chi connectivity index (χ0v) is 8.53. The maximum atomic E-state index is 11.3. The number of anilines is 1. The molecule has 3 nitrogen and oxygen atoms in total. The van der Waals surface area contributed by atoms with Crippen molar-refractivity contribution in [3.8, 4) is 0 Å². The Hall–Kier alpha value is -1.35. The molecule has 0 saturated carbocycles. The topological polar surface area (TPSA) is 40.5 Å². The molecule has 1 aromatic rings. The second kappa shape index (κ2) is 4.77. The fourth-order valence-electron chi connectivity index (χ4n) is 1.37. The first-order valence-electron chi connectivity index (χ1n) is 4.58. The number of carbonyl (C=O) groups excluding carboxylic acids is 1. The molecular weight excluding hydrogens is 178 g/mol. The number of carbonyl (C=O) groups is 1. The molecule has 0 spiro atoms. The Morgan fingerprint density at radius 1 is 1.43 bits per heavy atom. The average Bonchev–Trinajstić information content (AvgIpc) is 2.18. The van der Waals surface area contributed by atoms with Crippen molar-refractivity contribution >= 4 is 11.5 Å². The largest absolute Gasteiger partial charge is 0.395 e. The smallest absolute Gasteiger partial charge is 0.161 e. The van der Waals surface area contributed by atoms with Crippen molar-refractivity contribution in [2.75, 3.05) is 25.1 Å². The third kappa shape index (κ3) is 2.33. The summed E-state index contributed by atoms with van der Waals surface area (Å²) in [5.74, 6) is 0.0467. The highest BCUT2D eigenvalue weighted by Gasteiger charge is 2.09. The van der Waals surface area contributed by atoms with Crippen molar-refractivity contribution in [3.63, 3.8) is 0 Å². The molecule has 0 saturated heterocycles. The van der Waals surface area contributed by atoms with Gasteiger partial charge in [-0.25, -0.2) is 0 Å². The minimum Gasteiger partial charge on any atom is -0.395 e. The third-order valence-corrected chi connectivity index (χ3v) is 2.13. The van der Waals surface area contributed by atoms with E-state index >= 15 is 0 Å². The minimum atomic E-state index is 0.0467. The van der Waals surface area contributed by atoms with Gasteiger partial charge < -0.3 is 10.0 Å². The molecule has 1 N–H and O–H groups in total. The first-order chi connectivity index (χ1) is 6.66. The van der Waals surface area contributed by atoms with Gasteiger partial charge >= 0.3 is 0 Å². The van der Waals surface area contributed by atoms with Crippen LogP contribution in [0, 0.1) is 0 Å². The normalized spacial score (nSPS) is 9.93. The molecule has 0 aliphatic heterocycles. The van der Waals surface area contributed by atoms with Gasteiger partial charge in [0.1, 0.15) is 0 Å². The first-order valence-corrected chi connectivity index (χ1v) is 4.58. The predicted molar refractivity (Wildman–Crippen MR) is 56.8 cm³/mol. The highest BCUT2D eigenvalue weighted by atomic mass is 16.3. The van der Waals surface area contributed by atoms with Crippen LogP contribution in [0.1, 0.15) is 17.3 Å². The zero-order valence-electron chi connectivity index (χ0n) is 8.53. The number of benzene rings is 1. The lowest BCUT2D eigenvalue weighted by molar-refractivity contribution is 0.101. The van der Waals surface area contributed by atoms with Crippen LogP contribution in [0.15, 0.2) is 24.3 Å². The van der Waals surface area contributed by atoms with Gasteiger partial charge in [0.25, 0.3) is 0 Å². The predicted octanol–water partition coefficient (Wildman–Crippen LogP) is 1.32. The molecule has 1 rings (SSSR count). The highest BCUT2D eigenvalue weighted by Crippen LogP contribution is 2.18.